The molecule has 0 radical (unpaired) electrons. The molecule has 2 N–H and O–H groups in total. The van der Waals surface area contributed by atoms with Crippen LogP contribution in [0.3, 0.4) is 0 Å². The van der Waals surface area contributed by atoms with Crippen LogP contribution in [0, 0.1) is 17.8 Å². The number of likely N-dealkylation sites (N-methyl/N-ethyl adjacent to an activating group) is 1. The lowest BCUT2D eigenvalue weighted by Crippen LogP contribution is -2.66. The molecular weight excluding hydrogens is 909 g/mol. The van der Waals surface area contributed by atoms with Crippen LogP contribution in [0.2, 0.25) is 0 Å². The van der Waals surface area contributed by atoms with Crippen molar-refractivity contribution in [3.8, 4) is 0 Å². The van der Waals surface area contributed by atoms with Crippen LogP contribution in [0.25, 0.3) is 0 Å². The summed E-state index contributed by atoms with van der Waals surface area (Å²) in [7, 11) is 4.90. The largest absolute Gasteiger partial charge is 0.466 e. The average Bonchev–Trinajstić information content (AvgIpc) is 3.28. The van der Waals surface area contributed by atoms with E-state index in [9.17, 15) is 34.2 Å². The van der Waals surface area contributed by atoms with E-state index in [0.29, 0.717) is 25.9 Å². The van der Waals surface area contributed by atoms with Crippen LogP contribution in [-0.4, -0.2) is 177 Å². The highest BCUT2D eigenvalue weighted by molar-refractivity contribution is 5.76. The van der Waals surface area contributed by atoms with Gasteiger partial charge in [-0.05, 0) is 118 Å². The van der Waals surface area contributed by atoms with Crippen LogP contribution in [0.4, 0.5) is 0 Å². The second-order valence-corrected chi connectivity index (χ2v) is 19.9. The predicted molar refractivity (Wildman–Crippen MR) is 257 cm³/mol. The third kappa shape index (κ3) is 17.0. The topological polar surface area (TPSA) is 215 Å². The number of esters is 4. The van der Waals surface area contributed by atoms with Crippen LogP contribution in [0.5, 0.6) is 0 Å². The Morgan fingerprint density at radius 3 is 2.31 bits per heavy atom. The molecule has 0 unspecified atom stereocenters. The standard InChI is InChI=1S/C52H84N2O16/c1-12-41(58)67-40-29-42(59)64-33(4)20-19-26-54(25-18-17-23-37-21-15-14-16-22-37)31-39(57)32(3)28-38(24-27-55)48(49(40)62-11)69-51-46(60)45(53(9)10)47(35(6)66-51)68-43-30-52(8,70-36(7)56)44(34(5)65-43)50(61)63-13-2/h14-16,21-22,27,32-35,38-40,43-49,51,57,60H,12-13,17-20,23-26,28-31H2,1-11H3/t32-,33-,34+,35-,38+,39+,40-,43+,44-,45-,46-,47-,48+,49+,51+,52-/m1/s1. The highest BCUT2D eigenvalue weighted by Gasteiger charge is 2.55. The van der Waals surface area contributed by atoms with Crippen LogP contribution in [-0.2, 0) is 73.0 Å². The lowest BCUT2D eigenvalue weighted by Gasteiger charge is -2.50. The van der Waals surface area contributed by atoms with E-state index in [1.165, 1.54) is 19.6 Å². The van der Waals surface area contributed by atoms with E-state index in [1.54, 1.807) is 53.6 Å². The molecule has 16 atom stereocenters. The van der Waals surface area contributed by atoms with Crippen molar-refractivity contribution in [1.29, 1.82) is 0 Å². The van der Waals surface area contributed by atoms with Crippen molar-refractivity contribution < 1.29 is 76.8 Å². The Hall–Kier alpha value is -3.59. The summed E-state index contributed by atoms with van der Waals surface area (Å²) < 4.78 is 55.3. The number of hydrogen-bond donors (Lipinski definition) is 2. The van der Waals surface area contributed by atoms with E-state index in [-0.39, 0.29) is 38.2 Å². The average molecular weight is 993 g/mol. The lowest BCUT2D eigenvalue weighted by atomic mass is 9.79. The van der Waals surface area contributed by atoms with Crippen molar-refractivity contribution in [2.24, 2.45) is 17.8 Å². The molecule has 70 heavy (non-hydrogen) atoms. The van der Waals surface area contributed by atoms with E-state index in [0.717, 1.165) is 32.1 Å². The zero-order chi connectivity index (χ0) is 51.7. The maximum absolute atomic E-state index is 13.7. The van der Waals surface area contributed by atoms with Crippen molar-refractivity contribution in [2.75, 3.05) is 47.4 Å². The summed E-state index contributed by atoms with van der Waals surface area (Å²) in [5.41, 5.74) is -0.0945. The predicted octanol–water partition coefficient (Wildman–Crippen LogP) is 4.80. The quantitative estimate of drug-likeness (QED) is 0.0875. The summed E-state index contributed by atoms with van der Waals surface area (Å²) in [5.74, 6) is -4.43. The van der Waals surface area contributed by atoms with Gasteiger partial charge in [0, 0.05) is 39.8 Å². The van der Waals surface area contributed by atoms with Gasteiger partial charge in [-0.25, -0.2) is 0 Å². The minimum absolute atomic E-state index is 0.00544. The summed E-state index contributed by atoms with van der Waals surface area (Å²) in [5, 5.41) is 24.3. The number of carbonyl (C=O) groups excluding carboxylic acids is 5. The molecule has 18 nitrogen and oxygen atoms in total. The number of aryl methyl sites for hydroxylation is 1. The molecule has 1 aromatic rings. The zero-order valence-corrected chi connectivity index (χ0v) is 43.5. The van der Waals surface area contributed by atoms with Gasteiger partial charge in [0.1, 0.15) is 42.2 Å². The van der Waals surface area contributed by atoms with Gasteiger partial charge in [-0.3, -0.25) is 19.2 Å². The molecule has 398 valence electrons. The number of unbranched alkanes of at least 4 members (excludes halogenated alkanes) is 1. The van der Waals surface area contributed by atoms with Crippen molar-refractivity contribution >= 4 is 30.2 Å². The first-order valence-electron chi connectivity index (χ1n) is 25.4. The number of aldehydes is 1. The highest BCUT2D eigenvalue weighted by Crippen LogP contribution is 2.41. The summed E-state index contributed by atoms with van der Waals surface area (Å²) in [4.78, 5) is 69.0. The number of rotatable bonds is 18. The minimum atomic E-state index is -1.43. The van der Waals surface area contributed by atoms with E-state index in [4.69, 9.17) is 42.6 Å². The zero-order valence-electron chi connectivity index (χ0n) is 43.5. The number of hydrogen-bond acceptors (Lipinski definition) is 18. The molecule has 3 aliphatic heterocycles. The van der Waals surface area contributed by atoms with Gasteiger partial charge < -0.3 is 67.4 Å². The molecule has 4 rings (SSSR count). The molecule has 0 saturated carbocycles. The third-order valence-corrected chi connectivity index (χ3v) is 13.9. The first kappa shape index (κ1) is 59.0. The molecule has 0 bridgehead atoms. The van der Waals surface area contributed by atoms with Crippen molar-refractivity contribution in [3.05, 3.63) is 35.9 Å². The van der Waals surface area contributed by atoms with E-state index in [2.05, 4.69) is 17.0 Å². The number of cyclic esters (lactones) is 1. The molecule has 3 heterocycles. The first-order valence-corrected chi connectivity index (χ1v) is 25.4. The number of carbonyl (C=O) groups is 5. The van der Waals surface area contributed by atoms with E-state index < -0.39 is 121 Å². The number of methoxy groups -OCH3 is 1. The van der Waals surface area contributed by atoms with Crippen LogP contribution in [0.15, 0.2) is 30.3 Å². The summed E-state index contributed by atoms with van der Waals surface area (Å²) in [6.07, 6.45) is -6.62. The maximum Gasteiger partial charge on any atom is 0.315 e. The Bertz CT molecular complexity index is 1770. The Kier molecular flexibility index (Phi) is 24.1. The van der Waals surface area contributed by atoms with Gasteiger partial charge in [-0.1, -0.05) is 44.2 Å². The van der Waals surface area contributed by atoms with Gasteiger partial charge >= 0.3 is 23.9 Å². The van der Waals surface area contributed by atoms with Crippen molar-refractivity contribution in [1.82, 2.24) is 9.80 Å². The Morgan fingerprint density at radius 1 is 0.971 bits per heavy atom. The van der Waals surface area contributed by atoms with Crippen molar-refractivity contribution in [3.63, 3.8) is 0 Å². The summed E-state index contributed by atoms with van der Waals surface area (Å²) in [6.45, 7) is 15.3. The van der Waals surface area contributed by atoms with Crippen molar-refractivity contribution in [2.45, 2.75) is 199 Å². The molecule has 1 aromatic carbocycles. The number of β-amino-alcohol motifs (C(OH)–C–C–N with tert-alkyl or cyclic N) is 1. The smallest absolute Gasteiger partial charge is 0.315 e. The molecule has 3 fully saturated rings. The van der Waals surface area contributed by atoms with Gasteiger partial charge in [0.15, 0.2) is 12.6 Å². The maximum atomic E-state index is 13.7. The number of aliphatic hydroxyl groups is 2. The van der Waals surface area contributed by atoms with Crippen LogP contribution in [0.1, 0.15) is 119 Å². The highest BCUT2D eigenvalue weighted by atomic mass is 16.7. The van der Waals surface area contributed by atoms with Gasteiger partial charge in [0.25, 0.3) is 0 Å². The number of benzene rings is 1. The third-order valence-electron chi connectivity index (χ3n) is 13.9. The van der Waals surface area contributed by atoms with Crippen LogP contribution >= 0.6 is 0 Å². The van der Waals surface area contributed by atoms with E-state index >= 15 is 0 Å². The molecule has 0 aliphatic carbocycles. The second kappa shape index (κ2) is 28.6. The SMILES string of the molecule is CCOC(=O)[C@H]1[C@H](C)O[C@@H](O[C@H]2[C@H](N(C)C)[C@@H](O)[C@H](O[C@H]3[C@@H](CC=O)C[C@@H](C)[C@@H](O)CN(CCCCc4ccccc4)CCC[C@@H](C)OC(=O)C[C@@H](OC(=O)CC)[C@@H]3OC)O[C@@H]2C)C[C@@]1(C)OC(C)=O. The second-order valence-electron chi connectivity index (χ2n) is 19.9. The minimum Gasteiger partial charge on any atom is -0.466 e. The van der Waals surface area contributed by atoms with Crippen LogP contribution < -0.4 is 0 Å². The number of ether oxygens (including phenoxy) is 9. The molecule has 0 amide bonds. The fourth-order valence-corrected chi connectivity index (χ4v) is 10.4. The van der Waals surface area contributed by atoms with Gasteiger partial charge in [-0.15, -0.1) is 0 Å². The number of nitrogens with zero attached hydrogens (tertiary/aromatic N) is 2. The summed E-state index contributed by atoms with van der Waals surface area (Å²) >= 11 is 0. The number of aliphatic hydroxyl groups excluding tert-OH is 2. The normalized spacial score (nSPS) is 35.3. The molecule has 3 saturated heterocycles. The fraction of sp³-hybridized carbons (Fsp3) is 0.788. The Balaban J connectivity index is 1.67. The molecule has 0 spiro atoms. The summed E-state index contributed by atoms with van der Waals surface area (Å²) in [6, 6.07) is 9.49. The monoisotopic (exact) mass is 993 g/mol. The first-order chi connectivity index (χ1) is 33.2. The fourth-order valence-electron chi connectivity index (χ4n) is 10.4. The molecule has 3 aliphatic rings. The van der Waals surface area contributed by atoms with Gasteiger partial charge in [-0.2, -0.15) is 0 Å². The molecule has 18 heteroatoms. The lowest BCUT2D eigenvalue weighted by molar-refractivity contribution is -0.341. The Labute approximate surface area is 415 Å². The van der Waals surface area contributed by atoms with Gasteiger partial charge in [0.2, 0.25) is 0 Å². The van der Waals surface area contributed by atoms with E-state index in [1.807, 2.05) is 32.0 Å². The van der Waals surface area contributed by atoms with Gasteiger partial charge in [0.05, 0.1) is 49.6 Å². The molecule has 0 aromatic heterocycles. The Morgan fingerprint density at radius 2 is 1.69 bits per heavy atom. The molecular formula is C52H84N2O16.